The van der Waals surface area contributed by atoms with E-state index in [9.17, 15) is 13.6 Å². The summed E-state index contributed by atoms with van der Waals surface area (Å²) in [4.78, 5) is 18.8. The summed E-state index contributed by atoms with van der Waals surface area (Å²) in [7, 11) is 0. The lowest BCUT2D eigenvalue weighted by Crippen LogP contribution is -2.14. The summed E-state index contributed by atoms with van der Waals surface area (Å²) in [6.45, 7) is 4.06. The van der Waals surface area contributed by atoms with Crippen LogP contribution in [0, 0.1) is 0 Å². The Kier molecular flexibility index (Phi) is 2.49. The van der Waals surface area contributed by atoms with Crippen molar-refractivity contribution in [2.24, 2.45) is 0 Å². The molecular formula is C14H14F2N2O. The van der Waals surface area contributed by atoms with Gasteiger partial charge in [-0.15, -0.1) is 0 Å². The van der Waals surface area contributed by atoms with Crippen molar-refractivity contribution in [3.05, 3.63) is 39.8 Å². The van der Waals surface area contributed by atoms with E-state index in [0.29, 0.717) is 17.0 Å². The predicted molar refractivity (Wildman–Crippen MR) is 68.8 cm³/mol. The molecular weight excluding hydrogens is 250 g/mol. The molecule has 1 aliphatic rings. The Balaban J connectivity index is 2.12. The van der Waals surface area contributed by atoms with Crippen molar-refractivity contribution in [2.75, 3.05) is 0 Å². The number of H-pyrrole nitrogens is 1. The standard InChI is InChI=1S/C14H14F2N2O/c1-7(2)8-3-12-11(17-6-8)4-9(13(19)18-12)10-5-14(10,15)16/h3-4,6-7,10H,5H2,1-2H3,(H,18,19). The second-order valence-corrected chi connectivity index (χ2v) is 5.43. The van der Waals surface area contributed by atoms with Crippen molar-refractivity contribution in [1.82, 2.24) is 9.97 Å². The van der Waals surface area contributed by atoms with Gasteiger partial charge in [-0.2, -0.15) is 0 Å². The average Bonchev–Trinajstić information content (AvgIpc) is 2.96. The van der Waals surface area contributed by atoms with Gasteiger partial charge in [0.2, 0.25) is 0 Å². The molecule has 1 fully saturated rings. The van der Waals surface area contributed by atoms with Gasteiger partial charge in [0.15, 0.2) is 0 Å². The molecule has 1 atom stereocenters. The molecule has 2 aromatic heterocycles. The molecule has 0 saturated heterocycles. The molecule has 0 radical (unpaired) electrons. The van der Waals surface area contributed by atoms with Crippen LogP contribution < -0.4 is 5.56 Å². The number of pyridine rings is 2. The molecule has 0 amide bonds. The molecule has 1 unspecified atom stereocenters. The first-order chi connectivity index (χ1) is 8.88. The van der Waals surface area contributed by atoms with E-state index in [0.717, 1.165) is 5.56 Å². The zero-order valence-corrected chi connectivity index (χ0v) is 10.7. The number of hydrogen-bond donors (Lipinski definition) is 1. The summed E-state index contributed by atoms with van der Waals surface area (Å²) in [6, 6.07) is 3.34. The number of fused-ring (bicyclic) bond motifs is 1. The van der Waals surface area contributed by atoms with Gasteiger partial charge in [0, 0.05) is 18.2 Å². The lowest BCUT2D eigenvalue weighted by molar-refractivity contribution is 0.112. The quantitative estimate of drug-likeness (QED) is 0.905. The van der Waals surface area contributed by atoms with Crippen LogP contribution in [0.4, 0.5) is 8.78 Å². The third-order valence-electron chi connectivity index (χ3n) is 3.61. The largest absolute Gasteiger partial charge is 0.320 e. The molecule has 0 spiro atoms. The maximum Gasteiger partial charge on any atom is 0.256 e. The van der Waals surface area contributed by atoms with Crippen molar-refractivity contribution in [2.45, 2.75) is 38.0 Å². The zero-order valence-electron chi connectivity index (χ0n) is 10.7. The Morgan fingerprint density at radius 2 is 2.11 bits per heavy atom. The van der Waals surface area contributed by atoms with Gasteiger partial charge in [-0.1, -0.05) is 13.8 Å². The number of nitrogens with zero attached hydrogens (tertiary/aromatic N) is 1. The molecule has 5 heteroatoms. The number of aromatic amines is 1. The molecule has 3 rings (SSSR count). The van der Waals surface area contributed by atoms with Crippen molar-refractivity contribution >= 4 is 11.0 Å². The highest BCUT2D eigenvalue weighted by Gasteiger charge is 2.58. The average molecular weight is 264 g/mol. The molecule has 2 heterocycles. The third kappa shape index (κ3) is 2.03. The third-order valence-corrected chi connectivity index (χ3v) is 3.61. The van der Waals surface area contributed by atoms with Gasteiger partial charge in [-0.3, -0.25) is 9.78 Å². The van der Waals surface area contributed by atoms with Crippen molar-refractivity contribution in [1.29, 1.82) is 0 Å². The summed E-state index contributed by atoms with van der Waals surface area (Å²) in [6.07, 6.45) is 1.48. The first-order valence-electron chi connectivity index (χ1n) is 6.29. The lowest BCUT2D eigenvalue weighted by Gasteiger charge is -2.07. The highest BCUT2D eigenvalue weighted by molar-refractivity contribution is 5.75. The molecule has 1 N–H and O–H groups in total. The van der Waals surface area contributed by atoms with Crippen molar-refractivity contribution < 1.29 is 8.78 Å². The van der Waals surface area contributed by atoms with Crippen LogP contribution in [0.2, 0.25) is 0 Å². The number of alkyl halides is 2. The Morgan fingerprint density at radius 3 is 2.68 bits per heavy atom. The number of rotatable bonds is 2. The number of nitrogens with one attached hydrogen (secondary N) is 1. The van der Waals surface area contributed by atoms with Crippen molar-refractivity contribution in [3.63, 3.8) is 0 Å². The maximum atomic E-state index is 13.1. The topological polar surface area (TPSA) is 45.8 Å². The van der Waals surface area contributed by atoms with E-state index < -0.39 is 17.4 Å². The first kappa shape index (κ1) is 12.3. The van der Waals surface area contributed by atoms with E-state index in [1.807, 2.05) is 19.9 Å². The zero-order chi connectivity index (χ0) is 13.8. The van der Waals surface area contributed by atoms with Crippen LogP contribution in [0.5, 0.6) is 0 Å². The van der Waals surface area contributed by atoms with Crippen LogP contribution in [-0.2, 0) is 0 Å². The van der Waals surface area contributed by atoms with Gasteiger partial charge >= 0.3 is 0 Å². The minimum atomic E-state index is -2.74. The fourth-order valence-corrected chi connectivity index (χ4v) is 2.24. The molecule has 0 bridgehead atoms. The van der Waals surface area contributed by atoms with E-state index >= 15 is 0 Å². The van der Waals surface area contributed by atoms with Crippen LogP contribution in [0.3, 0.4) is 0 Å². The molecule has 100 valence electrons. The number of hydrogen-bond acceptors (Lipinski definition) is 2. The summed E-state index contributed by atoms with van der Waals surface area (Å²) >= 11 is 0. The minimum Gasteiger partial charge on any atom is -0.320 e. The highest BCUT2D eigenvalue weighted by atomic mass is 19.3. The second-order valence-electron chi connectivity index (χ2n) is 5.43. The van der Waals surface area contributed by atoms with E-state index in [-0.39, 0.29) is 12.0 Å². The minimum absolute atomic E-state index is 0.141. The molecule has 0 aromatic carbocycles. The van der Waals surface area contributed by atoms with E-state index in [1.165, 1.54) is 6.07 Å². The van der Waals surface area contributed by atoms with Crippen LogP contribution in [0.1, 0.15) is 43.2 Å². The molecule has 0 aliphatic heterocycles. The second kappa shape index (κ2) is 3.85. The van der Waals surface area contributed by atoms with Gasteiger partial charge in [-0.25, -0.2) is 8.78 Å². The van der Waals surface area contributed by atoms with Gasteiger partial charge in [0.05, 0.1) is 17.0 Å². The SMILES string of the molecule is CC(C)c1cnc2cc(C3CC3(F)F)c(=O)[nH]c2c1. The Morgan fingerprint density at radius 1 is 1.42 bits per heavy atom. The Bertz CT molecular complexity index is 706. The van der Waals surface area contributed by atoms with Gasteiger partial charge in [0.1, 0.15) is 0 Å². The summed E-state index contributed by atoms with van der Waals surface area (Å²) in [5.74, 6) is -3.39. The van der Waals surface area contributed by atoms with Crippen LogP contribution in [0.25, 0.3) is 11.0 Å². The fourth-order valence-electron chi connectivity index (χ4n) is 2.24. The van der Waals surface area contributed by atoms with Crippen LogP contribution in [0.15, 0.2) is 23.1 Å². The van der Waals surface area contributed by atoms with E-state index in [4.69, 9.17) is 0 Å². The predicted octanol–water partition coefficient (Wildman–Crippen LogP) is 3.17. The Hall–Kier alpha value is -1.78. The summed E-state index contributed by atoms with van der Waals surface area (Å²) < 4.78 is 26.1. The maximum absolute atomic E-state index is 13.1. The van der Waals surface area contributed by atoms with E-state index in [2.05, 4.69) is 9.97 Å². The van der Waals surface area contributed by atoms with Gasteiger partial charge in [0.25, 0.3) is 11.5 Å². The smallest absolute Gasteiger partial charge is 0.256 e. The monoisotopic (exact) mass is 264 g/mol. The Labute approximate surface area is 108 Å². The molecule has 1 saturated carbocycles. The van der Waals surface area contributed by atoms with Crippen molar-refractivity contribution in [3.8, 4) is 0 Å². The molecule has 2 aromatic rings. The fraction of sp³-hybridized carbons (Fsp3) is 0.429. The number of halogens is 2. The normalized spacial score (nSPS) is 21.0. The molecule has 3 nitrogen and oxygen atoms in total. The molecule has 1 aliphatic carbocycles. The van der Waals surface area contributed by atoms with E-state index in [1.54, 1.807) is 6.20 Å². The van der Waals surface area contributed by atoms with Crippen LogP contribution >= 0.6 is 0 Å². The number of aromatic nitrogens is 2. The summed E-state index contributed by atoms with van der Waals surface area (Å²) in [5, 5.41) is 0. The highest BCUT2D eigenvalue weighted by Crippen LogP contribution is 2.54. The van der Waals surface area contributed by atoms with Gasteiger partial charge < -0.3 is 4.98 Å². The lowest BCUT2D eigenvalue weighted by atomic mass is 10.0. The van der Waals surface area contributed by atoms with Crippen LogP contribution in [-0.4, -0.2) is 15.9 Å². The van der Waals surface area contributed by atoms with Gasteiger partial charge in [-0.05, 0) is 23.6 Å². The summed E-state index contributed by atoms with van der Waals surface area (Å²) in [5.41, 5.74) is 1.87. The molecule has 19 heavy (non-hydrogen) atoms. The first-order valence-corrected chi connectivity index (χ1v) is 6.29.